The van der Waals surface area contributed by atoms with Crippen LogP contribution in [0.1, 0.15) is 42.5 Å². The zero-order chi connectivity index (χ0) is 14.5. The summed E-state index contributed by atoms with van der Waals surface area (Å²) in [6.07, 6.45) is 3.79. The number of benzene rings is 1. The molecule has 1 aromatic rings. The van der Waals surface area contributed by atoms with Crippen LogP contribution in [0, 0.1) is 10.1 Å². The van der Waals surface area contributed by atoms with Crippen LogP contribution in [-0.4, -0.2) is 28.2 Å². The predicted molar refractivity (Wildman–Crippen MR) is 72.2 cm³/mol. The normalized spacial score (nSPS) is 16.4. The van der Waals surface area contributed by atoms with Gasteiger partial charge >= 0.3 is 0 Å². The van der Waals surface area contributed by atoms with Gasteiger partial charge in [0.25, 0.3) is 11.6 Å². The van der Waals surface area contributed by atoms with Crippen LogP contribution in [0.2, 0.25) is 0 Å². The Morgan fingerprint density at radius 1 is 1.15 bits per heavy atom. The van der Waals surface area contributed by atoms with Crippen molar-refractivity contribution in [3.63, 3.8) is 0 Å². The number of likely N-dealkylation sites (tertiary alicyclic amines) is 1. The number of para-hydroxylation sites is 1. The highest BCUT2D eigenvalue weighted by atomic mass is 16.6. The van der Waals surface area contributed by atoms with Crippen LogP contribution < -0.4 is 0 Å². The van der Waals surface area contributed by atoms with Gasteiger partial charge in [-0.1, -0.05) is 25.0 Å². The highest BCUT2D eigenvalue weighted by Crippen LogP contribution is 2.21. The van der Waals surface area contributed by atoms with Crippen molar-refractivity contribution in [2.75, 3.05) is 6.54 Å². The first-order valence-electron chi connectivity index (χ1n) is 6.69. The van der Waals surface area contributed by atoms with Gasteiger partial charge in [-0.05, 0) is 18.9 Å². The van der Waals surface area contributed by atoms with Gasteiger partial charge in [0.15, 0.2) is 0 Å². The molecular formula is C14H16N2O4. The van der Waals surface area contributed by atoms with E-state index < -0.39 is 10.8 Å². The first kappa shape index (κ1) is 14.2. The summed E-state index contributed by atoms with van der Waals surface area (Å²) in [4.78, 5) is 35.9. The Morgan fingerprint density at radius 3 is 2.60 bits per heavy atom. The summed E-state index contributed by atoms with van der Waals surface area (Å²) >= 11 is 0. The summed E-state index contributed by atoms with van der Waals surface area (Å²) in [5.41, 5.74) is -0.279. The van der Waals surface area contributed by atoms with E-state index >= 15 is 0 Å². The number of nitrogens with zero attached hydrogens (tertiary/aromatic N) is 2. The molecule has 0 aromatic heterocycles. The first-order chi connectivity index (χ1) is 9.61. The number of rotatable bonds is 2. The third kappa shape index (κ3) is 3.01. The van der Waals surface area contributed by atoms with E-state index in [0.717, 1.165) is 30.6 Å². The summed E-state index contributed by atoms with van der Waals surface area (Å²) in [7, 11) is 0. The Hall–Kier alpha value is -2.24. The van der Waals surface area contributed by atoms with Gasteiger partial charge in [-0.25, -0.2) is 0 Å². The van der Waals surface area contributed by atoms with Crippen molar-refractivity contribution in [1.82, 2.24) is 4.90 Å². The number of nitro groups is 1. The van der Waals surface area contributed by atoms with Crippen molar-refractivity contribution in [2.24, 2.45) is 0 Å². The monoisotopic (exact) mass is 276 g/mol. The summed E-state index contributed by atoms with van der Waals surface area (Å²) in [6.45, 7) is 0.337. The number of hydrogen-bond acceptors (Lipinski definition) is 4. The minimum atomic E-state index is -0.595. The van der Waals surface area contributed by atoms with Gasteiger partial charge in [0, 0.05) is 19.0 Å². The van der Waals surface area contributed by atoms with Gasteiger partial charge < -0.3 is 0 Å². The third-order valence-corrected chi connectivity index (χ3v) is 3.40. The molecule has 20 heavy (non-hydrogen) atoms. The highest BCUT2D eigenvalue weighted by molar-refractivity contribution is 6.06. The lowest BCUT2D eigenvalue weighted by Gasteiger charge is -2.22. The molecule has 1 saturated heterocycles. The van der Waals surface area contributed by atoms with Crippen LogP contribution in [0.25, 0.3) is 0 Å². The summed E-state index contributed by atoms with van der Waals surface area (Å²) < 4.78 is 0. The van der Waals surface area contributed by atoms with Gasteiger partial charge in [-0.3, -0.25) is 24.6 Å². The zero-order valence-corrected chi connectivity index (χ0v) is 11.1. The molecule has 0 spiro atoms. The summed E-state index contributed by atoms with van der Waals surface area (Å²) in [6, 6.07) is 5.74. The number of carbonyl (C=O) groups is 2. The maximum Gasteiger partial charge on any atom is 0.282 e. The molecule has 0 saturated carbocycles. The number of hydrogen-bond donors (Lipinski definition) is 0. The van der Waals surface area contributed by atoms with E-state index in [-0.39, 0.29) is 17.2 Å². The van der Waals surface area contributed by atoms with Crippen molar-refractivity contribution in [3.05, 3.63) is 39.9 Å². The summed E-state index contributed by atoms with van der Waals surface area (Å²) in [5, 5.41) is 11.0. The average Bonchev–Trinajstić information content (AvgIpc) is 2.42. The molecule has 1 fully saturated rings. The molecular weight excluding hydrogens is 260 g/mol. The number of imide groups is 1. The molecule has 0 radical (unpaired) electrons. The Labute approximate surface area is 116 Å². The van der Waals surface area contributed by atoms with Crippen molar-refractivity contribution >= 4 is 17.5 Å². The predicted octanol–water partition coefficient (Wildman–Crippen LogP) is 2.53. The van der Waals surface area contributed by atoms with Crippen molar-refractivity contribution in [3.8, 4) is 0 Å². The Morgan fingerprint density at radius 2 is 1.85 bits per heavy atom. The van der Waals surface area contributed by atoms with Crippen LogP contribution in [0.15, 0.2) is 24.3 Å². The van der Waals surface area contributed by atoms with Gasteiger partial charge in [-0.15, -0.1) is 0 Å². The second-order valence-electron chi connectivity index (χ2n) is 4.79. The van der Waals surface area contributed by atoms with Gasteiger partial charge in [0.2, 0.25) is 5.91 Å². The van der Waals surface area contributed by atoms with Gasteiger partial charge in [0.05, 0.1) is 4.92 Å². The molecule has 1 aliphatic rings. The number of nitro benzene ring substituents is 1. The molecule has 1 aliphatic heterocycles. The quantitative estimate of drug-likeness (QED) is 0.472. The van der Waals surface area contributed by atoms with Crippen LogP contribution >= 0.6 is 0 Å². The van der Waals surface area contributed by atoms with Gasteiger partial charge in [-0.2, -0.15) is 0 Å². The maximum atomic E-state index is 12.4. The lowest BCUT2D eigenvalue weighted by atomic mass is 10.1. The van der Waals surface area contributed by atoms with E-state index in [4.69, 9.17) is 0 Å². The fraction of sp³-hybridized carbons (Fsp3) is 0.429. The van der Waals surface area contributed by atoms with Crippen molar-refractivity contribution in [1.29, 1.82) is 0 Å². The minimum Gasteiger partial charge on any atom is -0.278 e. The molecule has 1 aromatic carbocycles. The molecule has 2 amide bonds. The highest BCUT2D eigenvalue weighted by Gasteiger charge is 2.28. The fourth-order valence-corrected chi connectivity index (χ4v) is 2.33. The number of amides is 2. The molecule has 0 N–H and O–H groups in total. The second-order valence-corrected chi connectivity index (χ2v) is 4.79. The fourth-order valence-electron chi connectivity index (χ4n) is 2.33. The van der Waals surface area contributed by atoms with Crippen LogP contribution in [-0.2, 0) is 4.79 Å². The average molecular weight is 276 g/mol. The van der Waals surface area contributed by atoms with E-state index in [9.17, 15) is 19.7 Å². The van der Waals surface area contributed by atoms with E-state index in [2.05, 4.69) is 0 Å². The topological polar surface area (TPSA) is 80.5 Å². The molecule has 6 nitrogen and oxygen atoms in total. The molecule has 0 unspecified atom stereocenters. The largest absolute Gasteiger partial charge is 0.282 e. The van der Waals surface area contributed by atoms with E-state index in [1.165, 1.54) is 18.2 Å². The molecule has 0 bridgehead atoms. The second kappa shape index (κ2) is 6.27. The molecule has 0 atom stereocenters. The molecule has 106 valence electrons. The third-order valence-electron chi connectivity index (χ3n) is 3.40. The lowest BCUT2D eigenvalue weighted by Crippen LogP contribution is -2.38. The van der Waals surface area contributed by atoms with Crippen molar-refractivity contribution in [2.45, 2.75) is 32.1 Å². The standard InChI is InChI=1S/C14H16N2O4/c17-13-9-3-1-2-6-10-15(13)14(18)11-7-4-5-8-12(11)16(19)20/h4-5,7-8H,1-3,6,9-10H2. The molecule has 1 heterocycles. The molecule has 0 aliphatic carbocycles. The van der Waals surface area contributed by atoms with E-state index in [0.29, 0.717) is 13.0 Å². The molecule has 6 heteroatoms. The van der Waals surface area contributed by atoms with Crippen LogP contribution in [0.4, 0.5) is 5.69 Å². The van der Waals surface area contributed by atoms with Crippen molar-refractivity contribution < 1.29 is 14.5 Å². The number of carbonyl (C=O) groups excluding carboxylic acids is 2. The maximum absolute atomic E-state index is 12.4. The Bertz CT molecular complexity index is 542. The Balaban J connectivity index is 2.29. The molecule has 2 rings (SSSR count). The van der Waals surface area contributed by atoms with Crippen LogP contribution in [0.3, 0.4) is 0 Å². The minimum absolute atomic E-state index is 0.0218. The SMILES string of the molecule is O=C1CCCCCCN1C(=O)c1ccccc1[N+](=O)[O-]. The van der Waals surface area contributed by atoms with E-state index in [1.54, 1.807) is 6.07 Å². The van der Waals surface area contributed by atoms with Gasteiger partial charge in [0.1, 0.15) is 5.56 Å². The van der Waals surface area contributed by atoms with Crippen LogP contribution in [0.5, 0.6) is 0 Å². The van der Waals surface area contributed by atoms with E-state index in [1.807, 2.05) is 0 Å². The lowest BCUT2D eigenvalue weighted by molar-refractivity contribution is -0.385. The first-order valence-corrected chi connectivity index (χ1v) is 6.69. The zero-order valence-electron chi connectivity index (χ0n) is 11.1. The Kier molecular flexibility index (Phi) is 4.45. The smallest absolute Gasteiger partial charge is 0.278 e. The summed E-state index contributed by atoms with van der Waals surface area (Å²) in [5.74, 6) is -0.808.